The van der Waals surface area contributed by atoms with Crippen molar-refractivity contribution in [1.82, 2.24) is 36.4 Å². The number of nitrogens with one attached hydrogen (secondary N) is 5. The number of fused-ring (bicyclic) bond motifs is 2. The molecule has 9 N–H and O–H groups in total. The molecule has 7 unspecified atom stereocenters. The molecule has 11 atom stereocenters. The van der Waals surface area contributed by atoms with Crippen LogP contribution in [0.1, 0.15) is 44.9 Å². The first kappa shape index (κ1) is 29.4. The highest BCUT2D eigenvalue weighted by Gasteiger charge is 2.52. The van der Waals surface area contributed by atoms with Gasteiger partial charge in [-0.05, 0) is 57.9 Å². The highest BCUT2D eigenvalue weighted by atomic mass is 19.4. The number of nitrogens with two attached hydrogens (primary N) is 1. The van der Waals surface area contributed by atoms with E-state index in [0.717, 1.165) is 25.7 Å². The van der Waals surface area contributed by atoms with Gasteiger partial charge in [0.05, 0.1) is 37.3 Å². The van der Waals surface area contributed by atoms with Crippen LogP contribution in [0, 0.1) is 5.92 Å². The van der Waals surface area contributed by atoms with Crippen molar-refractivity contribution >= 4 is 0 Å². The fourth-order valence-corrected chi connectivity index (χ4v) is 7.68. The van der Waals surface area contributed by atoms with Crippen LogP contribution in [0.4, 0.5) is 13.2 Å². The minimum Gasteiger partial charge on any atom is -0.387 e. The summed E-state index contributed by atoms with van der Waals surface area (Å²) in [6.45, 7) is 1.60. The molecule has 0 amide bonds. The number of halogens is 3. The highest BCUT2D eigenvalue weighted by Crippen LogP contribution is 2.37. The number of rotatable bonds is 8. The van der Waals surface area contributed by atoms with E-state index in [-0.39, 0.29) is 36.6 Å². The van der Waals surface area contributed by atoms with E-state index in [1.807, 2.05) is 11.9 Å². The van der Waals surface area contributed by atoms with Gasteiger partial charge in [-0.3, -0.25) is 31.3 Å². The number of aliphatic hydroxyl groups excluding tert-OH is 2. The fraction of sp³-hybridized carbons (Fsp3) is 1.00. The molecule has 0 aromatic rings. The lowest BCUT2D eigenvalue weighted by Gasteiger charge is -2.42. The molecule has 6 aliphatic rings. The minimum absolute atomic E-state index is 0.0191. The van der Waals surface area contributed by atoms with Gasteiger partial charge in [-0.15, -0.1) is 13.2 Å². The number of hydrogen-bond donors (Lipinski definition) is 8. The average Bonchev–Trinajstić information content (AvgIpc) is 3.54. The Kier molecular flexibility index (Phi) is 8.65. The maximum Gasteiger partial charge on any atom is 0.522 e. The monoisotopic (exact) mass is 578 g/mol. The quantitative estimate of drug-likeness (QED) is 0.165. The predicted octanol–water partition coefficient (Wildman–Crippen LogP) is -1.74. The van der Waals surface area contributed by atoms with E-state index < -0.39 is 37.0 Å². The topological polar surface area (TPSA) is 152 Å². The Labute approximate surface area is 232 Å². The summed E-state index contributed by atoms with van der Waals surface area (Å²) in [5.74, 6) is 0.593. The summed E-state index contributed by atoms with van der Waals surface area (Å²) in [5.41, 5.74) is 6.16. The van der Waals surface area contributed by atoms with Gasteiger partial charge in [0.2, 0.25) is 0 Å². The molecule has 0 radical (unpaired) electrons. The molecule has 40 heavy (non-hydrogen) atoms. The molecule has 230 valence electrons. The SMILES string of the molecule is CN(C[C@H]1O[C@@H](N2CNC3C(N)NCNC32)[C@H](O)[C@@H]1O)C1CC(CCC2NC3CCC(OC(F)(F)F)CC3N2)C1. The highest BCUT2D eigenvalue weighted by molar-refractivity contribution is 5.03. The first-order valence-electron chi connectivity index (χ1n) is 14.8. The van der Waals surface area contributed by atoms with Crippen LogP contribution in [-0.2, 0) is 9.47 Å². The molecule has 12 nitrogen and oxygen atoms in total. The first-order valence-corrected chi connectivity index (χ1v) is 14.8. The third kappa shape index (κ3) is 6.17. The molecule has 0 aromatic carbocycles. The van der Waals surface area contributed by atoms with E-state index in [1.165, 1.54) is 0 Å². The maximum absolute atomic E-state index is 12.6. The summed E-state index contributed by atoms with van der Waals surface area (Å²) in [6.07, 6.45) is -2.99. The van der Waals surface area contributed by atoms with E-state index in [9.17, 15) is 23.4 Å². The average molecular weight is 579 g/mol. The molecule has 6 fully saturated rings. The van der Waals surface area contributed by atoms with Crippen LogP contribution in [0.15, 0.2) is 0 Å². The van der Waals surface area contributed by atoms with Crippen molar-refractivity contribution in [2.45, 2.75) is 125 Å². The second kappa shape index (κ2) is 11.8. The summed E-state index contributed by atoms with van der Waals surface area (Å²) in [7, 11) is 2.04. The Morgan fingerprint density at radius 1 is 1.02 bits per heavy atom. The van der Waals surface area contributed by atoms with Crippen LogP contribution in [0.5, 0.6) is 0 Å². The molecule has 4 heterocycles. The standard InChI is InChI=1S/C25H45F3N8O4/c1-35(9-17-20(37)21(38)24(39-17)36-11-32-19-22(29)30-10-31-23(19)36)13-6-12(7-13)2-5-18-33-15-4-3-14(8-16(15)34-18)40-25(26,27)28/h12-24,30-34,37-38H,2-11,29H2,1H3/t12?,13?,14?,15?,16?,17-,18?,19?,20-,21-,22?,23?,24-/m1/s1. The van der Waals surface area contributed by atoms with Crippen LogP contribution in [0.25, 0.3) is 0 Å². The molecule has 15 heteroatoms. The molecule has 2 saturated carbocycles. The molecular weight excluding hydrogens is 533 g/mol. The van der Waals surface area contributed by atoms with Crippen molar-refractivity contribution in [3.63, 3.8) is 0 Å². The van der Waals surface area contributed by atoms with Gasteiger partial charge in [0.25, 0.3) is 0 Å². The lowest BCUT2D eigenvalue weighted by molar-refractivity contribution is -0.345. The maximum atomic E-state index is 12.6. The van der Waals surface area contributed by atoms with E-state index in [0.29, 0.717) is 51.1 Å². The molecule has 4 saturated heterocycles. The van der Waals surface area contributed by atoms with Gasteiger partial charge in [-0.1, -0.05) is 0 Å². The Bertz CT molecular complexity index is 872. The summed E-state index contributed by atoms with van der Waals surface area (Å²) in [6, 6.07) is 0.605. The van der Waals surface area contributed by atoms with Gasteiger partial charge in [0.1, 0.15) is 24.5 Å². The number of hydrogen-bond acceptors (Lipinski definition) is 12. The molecule has 6 rings (SSSR count). The van der Waals surface area contributed by atoms with Crippen molar-refractivity contribution in [2.24, 2.45) is 11.7 Å². The summed E-state index contributed by atoms with van der Waals surface area (Å²) >= 11 is 0. The third-order valence-electron chi connectivity index (χ3n) is 10.0. The number of nitrogens with zero attached hydrogens (tertiary/aromatic N) is 2. The van der Waals surface area contributed by atoms with Crippen molar-refractivity contribution in [3.05, 3.63) is 0 Å². The molecule has 0 bridgehead atoms. The minimum atomic E-state index is -4.58. The molecule has 4 aliphatic heterocycles. The zero-order valence-electron chi connectivity index (χ0n) is 22.9. The van der Waals surface area contributed by atoms with E-state index in [4.69, 9.17) is 10.5 Å². The second-order valence-electron chi connectivity index (χ2n) is 12.6. The predicted molar refractivity (Wildman–Crippen MR) is 138 cm³/mol. The zero-order chi connectivity index (χ0) is 28.2. The normalized spacial score (nSPS) is 47.9. The van der Waals surface area contributed by atoms with Gasteiger partial charge in [0.15, 0.2) is 0 Å². The van der Waals surface area contributed by atoms with Crippen molar-refractivity contribution in [1.29, 1.82) is 0 Å². The number of ether oxygens (including phenoxy) is 2. The van der Waals surface area contributed by atoms with E-state index in [2.05, 4.69) is 36.2 Å². The molecular formula is C25H45F3N8O4. The molecule has 0 spiro atoms. The second-order valence-corrected chi connectivity index (χ2v) is 12.6. The number of aliphatic hydroxyl groups is 2. The summed E-state index contributed by atoms with van der Waals surface area (Å²) in [4.78, 5) is 4.23. The molecule has 2 aliphatic carbocycles. The lowest BCUT2D eigenvalue weighted by atomic mass is 9.76. The van der Waals surface area contributed by atoms with Gasteiger partial charge >= 0.3 is 6.36 Å². The Balaban J connectivity index is 0.909. The van der Waals surface area contributed by atoms with Gasteiger partial charge in [-0.25, -0.2) is 4.90 Å². The van der Waals surface area contributed by atoms with Gasteiger partial charge in [-0.2, -0.15) is 0 Å². The van der Waals surface area contributed by atoms with Gasteiger partial charge < -0.3 is 25.6 Å². The number of alkyl halides is 3. The van der Waals surface area contributed by atoms with E-state index >= 15 is 0 Å². The number of likely N-dealkylation sites (N-methyl/N-ethyl adjacent to an activating group) is 1. The fourth-order valence-electron chi connectivity index (χ4n) is 7.68. The van der Waals surface area contributed by atoms with Gasteiger partial charge in [0, 0.05) is 31.3 Å². The first-order chi connectivity index (χ1) is 19.1. The van der Waals surface area contributed by atoms with Crippen LogP contribution in [0.2, 0.25) is 0 Å². The van der Waals surface area contributed by atoms with Crippen LogP contribution in [-0.4, -0.2) is 127 Å². The van der Waals surface area contributed by atoms with Crippen LogP contribution < -0.4 is 32.3 Å². The summed E-state index contributed by atoms with van der Waals surface area (Å²) in [5, 5.41) is 38.6. The Morgan fingerprint density at radius 3 is 2.58 bits per heavy atom. The van der Waals surface area contributed by atoms with Crippen LogP contribution >= 0.6 is 0 Å². The van der Waals surface area contributed by atoms with Crippen molar-refractivity contribution < 1.29 is 32.9 Å². The Hall–Kier alpha value is -0.690. The Morgan fingerprint density at radius 2 is 1.80 bits per heavy atom. The van der Waals surface area contributed by atoms with Crippen molar-refractivity contribution in [2.75, 3.05) is 26.9 Å². The lowest BCUT2D eigenvalue weighted by Crippen LogP contribution is -2.68. The summed E-state index contributed by atoms with van der Waals surface area (Å²) < 4.78 is 48.3. The molecule has 0 aromatic heterocycles. The van der Waals surface area contributed by atoms with E-state index in [1.54, 1.807) is 0 Å². The third-order valence-corrected chi connectivity index (χ3v) is 10.0. The zero-order valence-corrected chi connectivity index (χ0v) is 22.9. The largest absolute Gasteiger partial charge is 0.522 e. The van der Waals surface area contributed by atoms with Crippen molar-refractivity contribution in [3.8, 4) is 0 Å². The smallest absolute Gasteiger partial charge is 0.387 e. The van der Waals surface area contributed by atoms with Crippen LogP contribution in [0.3, 0.4) is 0 Å².